The highest BCUT2D eigenvalue weighted by Gasteiger charge is 2.29. The number of aromatic nitrogens is 2. The second-order valence-electron chi connectivity index (χ2n) is 7.90. The van der Waals surface area contributed by atoms with Crippen molar-refractivity contribution in [1.82, 2.24) is 14.9 Å². The van der Waals surface area contributed by atoms with Crippen LogP contribution in [-0.2, 0) is 6.42 Å². The van der Waals surface area contributed by atoms with Crippen molar-refractivity contribution in [3.05, 3.63) is 41.0 Å². The van der Waals surface area contributed by atoms with Crippen molar-refractivity contribution in [2.75, 3.05) is 38.4 Å². The normalized spacial score (nSPS) is 18.3. The van der Waals surface area contributed by atoms with Gasteiger partial charge in [-0.2, -0.15) is 0 Å². The van der Waals surface area contributed by atoms with E-state index in [1.54, 1.807) is 0 Å². The van der Waals surface area contributed by atoms with Crippen LogP contribution in [0.2, 0.25) is 0 Å². The largest absolute Gasteiger partial charge is 0.491 e. The first kappa shape index (κ1) is 19.6. The summed E-state index contributed by atoms with van der Waals surface area (Å²) < 4.78 is 21.4. The number of rotatable bonds is 5. The van der Waals surface area contributed by atoms with Gasteiger partial charge in [-0.05, 0) is 51.9 Å². The van der Waals surface area contributed by atoms with Crippen LogP contribution < -0.4 is 15.4 Å². The molecule has 7 heteroatoms. The number of ether oxygens (including phenoxy) is 1. The third kappa shape index (κ3) is 3.92. The number of allylic oxidation sites excluding steroid dienone is 1. The second kappa shape index (κ2) is 7.99. The summed E-state index contributed by atoms with van der Waals surface area (Å²) in [6.45, 7) is 2.45. The van der Waals surface area contributed by atoms with Crippen molar-refractivity contribution >= 4 is 22.9 Å². The van der Waals surface area contributed by atoms with E-state index in [-0.39, 0.29) is 11.6 Å². The number of nitrogens with one attached hydrogen (secondary N) is 2. The Bertz CT molecular complexity index is 957. The summed E-state index contributed by atoms with van der Waals surface area (Å²) in [5.74, 6) is 1.01. The van der Waals surface area contributed by atoms with E-state index in [1.165, 1.54) is 0 Å². The molecule has 0 unspecified atom stereocenters. The molecule has 0 fully saturated rings. The Balaban J connectivity index is 1.72. The van der Waals surface area contributed by atoms with Gasteiger partial charge in [0.15, 0.2) is 17.4 Å². The summed E-state index contributed by atoms with van der Waals surface area (Å²) in [5.41, 5.74) is 4.14. The topological polar surface area (TPSA) is 62.3 Å². The standard InChI is InChI=1S/C22H28FN5O/c1-13-11-15(24-2)12-18(25-13)27-22-20(23)19(21-17(26-22)9-10-29-21)14-5-7-16(8-6-14)28(3)4/h5,11-12,16H,6-10H2,1-4H3,(H2,24,25,26,27)/t16-/m1/s1. The van der Waals surface area contributed by atoms with Crippen molar-refractivity contribution < 1.29 is 9.13 Å². The Labute approximate surface area is 171 Å². The number of nitrogens with zero attached hydrogens (tertiary/aromatic N) is 3. The number of anilines is 3. The van der Waals surface area contributed by atoms with Gasteiger partial charge in [0.05, 0.1) is 17.9 Å². The van der Waals surface area contributed by atoms with Gasteiger partial charge in [0.2, 0.25) is 0 Å². The van der Waals surface area contributed by atoms with Gasteiger partial charge in [0, 0.05) is 37.0 Å². The highest BCUT2D eigenvalue weighted by molar-refractivity contribution is 5.76. The predicted octanol–water partition coefficient (Wildman–Crippen LogP) is 4.14. The maximum atomic E-state index is 15.6. The molecule has 3 heterocycles. The average Bonchev–Trinajstić information content (AvgIpc) is 3.16. The van der Waals surface area contributed by atoms with Gasteiger partial charge in [-0.25, -0.2) is 14.4 Å². The van der Waals surface area contributed by atoms with Crippen molar-refractivity contribution in [3.63, 3.8) is 0 Å². The molecule has 2 aromatic rings. The smallest absolute Gasteiger partial charge is 0.177 e. The Morgan fingerprint density at radius 2 is 2.03 bits per heavy atom. The zero-order valence-corrected chi connectivity index (χ0v) is 17.5. The van der Waals surface area contributed by atoms with E-state index in [9.17, 15) is 0 Å². The second-order valence-corrected chi connectivity index (χ2v) is 7.90. The van der Waals surface area contributed by atoms with E-state index in [0.717, 1.165) is 41.9 Å². The molecule has 0 bridgehead atoms. The lowest BCUT2D eigenvalue weighted by molar-refractivity contribution is 0.277. The highest BCUT2D eigenvalue weighted by Crippen LogP contribution is 2.41. The molecule has 0 saturated carbocycles. The molecule has 1 aliphatic carbocycles. The van der Waals surface area contributed by atoms with E-state index in [1.807, 2.05) is 26.1 Å². The summed E-state index contributed by atoms with van der Waals surface area (Å²) >= 11 is 0. The van der Waals surface area contributed by atoms with Gasteiger partial charge >= 0.3 is 0 Å². The first-order valence-electron chi connectivity index (χ1n) is 10.1. The molecule has 6 nitrogen and oxygen atoms in total. The lowest BCUT2D eigenvalue weighted by Gasteiger charge is -2.28. The van der Waals surface area contributed by atoms with Gasteiger partial charge in [-0.3, -0.25) is 0 Å². The molecule has 1 aliphatic heterocycles. The molecule has 0 saturated heterocycles. The number of hydrogen-bond acceptors (Lipinski definition) is 6. The third-order valence-electron chi connectivity index (χ3n) is 5.67. The van der Waals surface area contributed by atoms with Crippen molar-refractivity contribution in [3.8, 4) is 5.75 Å². The van der Waals surface area contributed by atoms with Crippen LogP contribution in [0, 0.1) is 12.7 Å². The molecule has 154 valence electrons. The van der Waals surface area contributed by atoms with Crippen LogP contribution in [0.25, 0.3) is 5.57 Å². The Morgan fingerprint density at radius 3 is 2.72 bits per heavy atom. The lowest BCUT2D eigenvalue weighted by Crippen LogP contribution is -2.29. The van der Waals surface area contributed by atoms with E-state index >= 15 is 4.39 Å². The maximum absolute atomic E-state index is 15.6. The Morgan fingerprint density at radius 1 is 1.21 bits per heavy atom. The molecule has 0 amide bonds. The lowest BCUT2D eigenvalue weighted by atomic mass is 9.89. The van der Waals surface area contributed by atoms with E-state index in [2.05, 4.69) is 45.7 Å². The zero-order valence-electron chi connectivity index (χ0n) is 17.5. The van der Waals surface area contributed by atoms with Gasteiger partial charge in [0.1, 0.15) is 5.82 Å². The van der Waals surface area contributed by atoms with E-state index in [0.29, 0.717) is 36.2 Å². The highest BCUT2D eigenvalue weighted by atomic mass is 19.1. The van der Waals surface area contributed by atoms with Gasteiger partial charge in [0.25, 0.3) is 0 Å². The molecule has 0 aromatic carbocycles. The minimum atomic E-state index is -0.366. The van der Waals surface area contributed by atoms with Crippen LogP contribution in [0.3, 0.4) is 0 Å². The summed E-state index contributed by atoms with van der Waals surface area (Å²) in [6, 6.07) is 4.27. The molecular formula is C22H28FN5O. The fourth-order valence-corrected chi connectivity index (χ4v) is 4.06. The van der Waals surface area contributed by atoms with Crippen molar-refractivity contribution in [1.29, 1.82) is 0 Å². The molecule has 1 atom stereocenters. The van der Waals surface area contributed by atoms with Crippen molar-refractivity contribution in [2.24, 2.45) is 0 Å². The number of aryl methyl sites for hydroxylation is 1. The minimum absolute atomic E-state index is 0.208. The quantitative estimate of drug-likeness (QED) is 0.791. The van der Waals surface area contributed by atoms with Crippen LogP contribution in [0.1, 0.15) is 36.2 Å². The summed E-state index contributed by atoms with van der Waals surface area (Å²) in [5, 5.41) is 6.20. The summed E-state index contributed by atoms with van der Waals surface area (Å²) in [4.78, 5) is 11.2. The number of fused-ring (bicyclic) bond motifs is 1. The SMILES string of the molecule is CNc1cc(C)nc(Nc2nc3c(c(C4=CC[C@@H](N(C)C)CC4)c2F)OCC3)c1. The van der Waals surface area contributed by atoms with Crippen LogP contribution in [-0.4, -0.2) is 48.7 Å². The molecule has 0 spiro atoms. The number of halogens is 1. The van der Waals surface area contributed by atoms with Crippen LogP contribution in [0.5, 0.6) is 5.75 Å². The Kier molecular flexibility index (Phi) is 5.41. The molecule has 2 aliphatic rings. The Hall–Kier alpha value is -2.67. The molecule has 4 rings (SSSR count). The van der Waals surface area contributed by atoms with Gasteiger partial charge in [-0.1, -0.05) is 6.08 Å². The predicted molar refractivity (Wildman–Crippen MR) is 115 cm³/mol. The summed E-state index contributed by atoms with van der Waals surface area (Å²) in [7, 11) is 6.03. The fourth-order valence-electron chi connectivity index (χ4n) is 4.06. The monoisotopic (exact) mass is 397 g/mol. The van der Waals surface area contributed by atoms with Crippen LogP contribution in [0.4, 0.5) is 21.7 Å². The molecule has 2 aromatic heterocycles. The van der Waals surface area contributed by atoms with E-state index in [4.69, 9.17) is 4.74 Å². The molecule has 29 heavy (non-hydrogen) atoms. The van der Waals surface area contributed by atoms with E-state index < -0.39 is 0 Å². The zero-order chi connectivity index (χ0) is 20.5. The van der Waals surface area contributed by atoms with Gasteiger partial charge in [-0.15, -0.1) is 0 Å². The first-order valence-corrected chi connectivity index (χ1v) is 10.1. The van der Waals surface area contributed by atoms with Crippen LogP contribution >= 0.6 is 0 Å². The number of pyridine rings is 2. The van der Waals surface area contributed by atoms with Crippen LogP contribution in [0.15, 0.2) is 18.2 Å². The molecule has 0 radical (unpaired) electrons. The summed E-state index contributed by atoms with van der Waals surface area (Å²) in [6.07, 6.45) is 5.58. The minimum Gasteiger partial charge on any atom is -0.491 e. The average molecular weight is 397 g/mol. The molecular weight excluding hydrogens is 369 g/mol. The maximum Gasteiger partial charge on any atom is 0.177 e. The fraction of sp³-hybridized carbons (Fsp3) is 0.455. The van der Waals surface area contributed by atoms with Gasteiger partial charge < -0.3 is 20.3 Å². The van der Waals surface area contributed by atoms with Crippen molar-refractivity contribution in [2.45, 2.75) is 38.6 Å². The third-order valence-corrected chi connectivity index (χ3v) is 5.67. The number of hydrogen-bond donors (Lipinski definition) is 2. The molecule has 2 N–H and O–H groups in total. The first-order chi connectivity index (χ1) is 14.0.